The molecule has 3 N–H and O–H groups in total. The first-order valence-electron chi connectivity index (χ1n) is 10.5. The van der Waals surface area contributed by atoms with E-state index in [9.17, 15) is 13.4 Å². The van der Waals surface area contributed by atoms with Gasteiger partial charge >= 0.3 is 6.03 Å². The molecule has 10 heteroatoms. The molecule has 0 bridgehead atoms. The molecule has 0 saturated heterocycles. The molecule has 2 fully saturated rings. The van der Waals surface area contributed by atoms with Crippen molar-refractivity contribution in [2.75, 3.05) is 5.32 Å². The average molecular weight is 433 g/mol. The van der Waals surface area contributed by atoms with Crippen molar-refractivity contribution in [2.45, 2.75) is 75.3 Å². The number of hydrogen-bond acceptors (Lipinski definition) is 4. The highest BCUT2D eigenvalue weighted by molar-refractivity contribution is 7.91. The lowest BCUT2D eigenvalue weighted by Gasteiger charge is -2.18. The normalized spacial score (nSPS) is 20.0. The third kappa shape index (κ3) is 3.51. The highest BCUT2D eigenvalue weighted by Crippen LogP contribution is 2.52. The van der Waals surface area contributed by atoms with Crippen LogP contribution in [0.3, 0.4) is 0 Å². The van der Waals surface area contributed by atoms with Crippen LogP contribution < -0.4 is 10.5 Å². The highest BCUT2D eigenvalue weighted by Gasteiger charge is 2.38. The summed E-state index contributed by atoms with van der Waals surface area (Å²) >= 11 is 0. The minimum atomic E-state index is -3.80. The molecule has 2 aromatic rings. The van der Waals surface area contributed by atoms with Crippen LogP contribution in [-0.4, -0.2) is 25.0 Å². The molecule has 3 aliphatic rings. The van der Waals surface area contributed by atoms with Gasteiger partial charge in [-0.3, -0.25) is 9.67 Å². The van der Waals surface area contributed by atoms with E-state index in [1.54, 1.807) is 6.92 Å². The largest absolute Gasteiger partial charge is 0.354 e. The lowest BCUT2D eigenvalue weighted by molar-refractivity contribution is 0.260. The summed E-state index contributed by atoms with van der Waals surface area (Å²) in [6.07, 6.45) is 8.23. The molecule has 2 heterocycles. The summed E-state index contributed by atoms with van der Waals surface area (Å²) in [5.41, 5.74) is 5.08. The summed E-state index contributed by atoms with van der Waals surface area (Å²) in [6, 6.07) is -0.836. The van der Waals surface area contributed by atoms with Crippen molar-refractivity contribution in [3.63, 3.8) is 0 Å². The SMILES string of the molecule is CCn1cc(F)c(S(N)(=O)=NC(=O)Nc2c3c(nc(C4CC4)c2C2CC2)CCC3)n1. The Kier molecular flexibility index (Phi) is 4.66. The van der Waals surface area contributed by atoms with Gasteiger partial charge < -0.3 is 5.32 Å². The molecular weight excluding hydrogens is 407 g/mol. The molecule has 0 aliphatic heterocycles. The molecule has 3 aliphatic carbocycles. The number of aryl methyl sites for hydroxylation is 2. The van der Waals surface area contributed by atoms with Crippen LogP contribution in [0.4, 0.5) is 14.9 Å². The number of hydrogen-bond donors (Lipinski definition) is 2. The van der Waals surface area contributed by atoms with Gasteiger partial charge in [0.15, 0.2) is 15.7 Å². The monoisotopic (exact) mass is 432 g/mol. The molecule has 0 aromatic carbocycles. The number of pyridine rings is 1. The van der Waals surface area contributed by atoms with Crippen molar-refractivity contribution in [3.8, 4) is 0 Å². The zero-order valence-electron chi connectivity index (χ0n) is 16.9. The number of nitrogens with zero attached hydrogens (tertiary/aromatic N) is 4. The fourth-order valence-corrected chi connectivity index (χ4v) is 5.18. The van der Waals surface area contributed by atoms with E-state index >= 15 is 0 Å². The summed E-state index contributed by atoms with van der Waals surface area (Å²) in [7, 11) is -3.80. The van der Waals surface area contributed by atoms with Crippen LogP contribution in [0.5, 0.6) is 0 Å². The van der Waals surface area contributed by atoms with Crippen molar-refractivity contribution < 1.29 is 13.4 Å². The minimum absolute atomic E-state index is 0.385. The number of fused-ring (bicyclic) bond motifs is 1. The number of rotatable bonds is 5. The Hall–Kier alpha value is -2.33. The molecule has 1 atom stereocenters. The van der Waals surface area contributed by atoms with Gasteiger partial charge in [0.1, 0.15) is 0 Å². The second kappa shape index (κ2) is 7.12. The molecule has 30 heavy (non-hydrogen) atoms. The summed E-state index contributed by atoms with van der Waals surface area (Å²) in [5, 5.41) is 12.0. The number of carbonyl (C=O) groups is 1. The van der Waals surface area contributed by atoms with E-state index in [0.29, 0.717) is 18.4 Å². The van der Waals surface area contributed by atoms with E-state index < -0.39 is 26.8 Å². The lowest BCUT2D eigenvalue weighted by Crippen LogP contribution is -2.20. The predicted molar refractivity (Wildman–Crippen MR) is 110 cm³/mol. The van der Waals surface area contributed by atoms with Crippen molar-refractivity contribution in [2.24, 2.45) is 9.50 Å². The lowest BCUT2D eigenvalue weighted by atomic mass is 9.98. The second-order valence-corrected chi connectivity index (χ2v) is 10.0. The van der Waals surface area contributed by atoms with Crippen LogP contribution in [0.1, 0.15) is 73.4 Å². The van der Waals surface area contributed by atoms with Crippen molar-refractivity contribution >= 4 is 21.6 Å². The van der Waals surface area contributed by atoms with Gasteiger partial charge in [-0.15, -0.1) is 4.36 Å². The Bertz CT molecular complexity index is 1160. The van der Waals surface area contributed by atoms with Gasteiger partial charge in [-0.2, -0.15) is 5.10 Å². The first kappa shape index (κ1) is 19.6. The van der Waals surface area contributed by atoms with Crippen LogP contribution in [0.15, 0.2) is 15.6 Å². The van der Waals surface area contributed by atoms with Crippen LogP contribution in [0.25, 0.3) is 0 Å². The summed E-state index contributed by atoms with van der Waals surface area (Å²) in [4.78, 5) is 17.7. The van der Waals surface area contributed by atoms with Gasteiger partial charge in [-0.25, -0.2) is 18.5 Å². The van der Waals surface area contributed by atoms with Crippen molar-refractivity contribution in [1.82, 2.24) is 14.8 Å². The molecule has 0 radical (unpaired) electrons. The third-order valence-corrected chi connectivity index (χ3v) is 7.25. The first-order chi connectivity index (χ1) is 14.4. The Labute approximate surface area is 174 Å². The molecular formula is C20H25FN6O2S. The van der Waals surface area contributed by atoms with Gasteiger partial charge in [0.05, 0.1) is 11.9 Å². The minimum Gasteiger partial charge on any atom is -0.305 e. The summed E-state index contributed by atoms with van der Waals surface area (Å²) in [6.45, 7) is 2.15. The molecule has 2 amide bonds. The van der Waals surface area contributed by atoms with Gasteiger partial charge in [0.2, 0.25) is 5.03 Å². The van der Waals surface area contributed by atoms with Crippen LogP contribution in [0.2, 0.25) is 0 Å². The maximum Gasteiger partial charge on any atom is 0.354 e. The maximum absolute atomic E-state index is 14.1. The van der Waals surface area contributed by atoms with E-state index in [2.05, 4.69) is 14.8 Å². The fraction of sp³-hybridized carbons (Fsp3) is 0.550. The van der Waals surface area contributed by atoms with Crippen LogP contribution >= 0.6 is 0 Å². The number of aromatic nitrogens is 3. The number of urea groups is 1. The Morgan fingerprint density at radius 3 is 2.70 bits per heavy atom. The Balaban J connectivity index is 1.53. The zero-order chi connectivity index (χ0) is 21.0. The number of nitrogens with one attached hydrogen (secondary N) is 1. The molecule has 8 nitrogen and oxygen atoms in total. The first-order valence-corrected chi connectivity index (χ1v) is 12.1. The predicted octanol–water partition coefficient (Wildman–Crippen LogP) is 3.61. The molecule has 5 rings (SSSR count). The molecule has 160 valence electrons. The number of carbonyl (C=O) groups excluding carboxylic acids is 1. The van der Waals surface area contributed by atoms with Crippen molar-refractivity contribution in [3.05, 3.63) is 34.5 Å². The van der Waals surface area contributed by atoms with E-state index in [1.165, 1.54) is 4.68 Å². The third-order valence-electron chi connectivity index (χ3n) is 5.98. The Morgan fingerprint density at radius 1 is 1.33 bits per heavy atom. The molecule has 1 unspecified atom stereocenters. The van der Waals surface area contributed by atoms with Crippen LogP contribution in [-0.2, 0) is 29.3 Å². The smallest absolute Gasteiger partial charge is 0.305 e. The van der Waals surface area contributed by atoms with Gasteiger partial charge in [0, 0.05) is 29.4 Å². The van der Waals surface area contributed by atoms with Crippen molar-refractivity contribution in [1.29, 1.82) is 0 Å². The molecule has 2 saturated carbocycles. The van der Waals surface area contributed by atoms with Gasteiger partial charge in [0.25, 0.3) is 0 Å². The molecule has 0 spiro atoms. The quantitative estimate of drug-likeness (QED) is 0.751. The highest BCUT2D eigenvalue weighted by atomic mass is 32.2. The summed E-state index contributed by atoms with van der Waals surface area (Å²) in [5.74, 6) is 0.0274. The molecule has 2 aromatic heterocycles. The second-order valence-electron chi connectivity index (χ2n) is 8.34. The van der Waals surface area contributed by atoms with Gasteiger partial charge in [-0.1, -0.05) is 0 Å². The standard InChI is InChI=1S/C20H25FN6O2S/c1-2-27-10-14(21)19(25-27)30(22,29)26-20(28)24-18-13-4-3-5-15(13)23-17(12-8-9-12)16(18)11-6-7-11/h10-12H,2-9H2,1H3,(H3,22,23,24,26,28,29). The summed E-state index contributed by atoms with van der Waals surface area (Å²) < 4.78 is 31.9. The van der Waals surface area contributed by atoms with E-state index in [4.69, 9.17) is 10.1 Å². The number of halogens is 1. The topological polar surface area (TPSA) is 115 Å². The fourth-order valence-electron chi connectivity index (χ4n) is 4.25. The van der Waals surface area contributed by atoms with E-state index in [-0.39, 0.29) is 0 Å². The Morgan fingerprint density at radius 2 is 2.07 bits per heavy atom. The zero-order valence-corrected chi connectivity index (χ0v) is 17.7. The number of amides is 2. The van der Waals surface area contributed by atoms with Crippen LogP contribution in [0, 0.1) is 5.82 Å². The van der Waals surface area contributed by atoms with E-state index in [0.717, 1.165) is 79.3 Å². The van der Waals surface area contributed by atoms with Gasteiger partial charge in [-0.05, 0) is 63.4 Å². The number of nitrogens with two attached hydrogens (primary N) is 1. The average Bonchev–Trinajstić information content (AvgIpc) is 3.61. The maximum atomic E-state index is 14.1. The number of anilines is 1. The van der Waals surface area contributed by atoms with E-state index in [1.807, 2.05) is 0 Å².